The van der Waals surface area contributed by atoms with Crippen LogP contribution in [0.2, 0.25) is 0 Å². The topological polar surface area (TPSA) is 93.3 Å². The number of hydrogen-bond donors (Lipinski definition) is 2. The number of aromatic amines is 1. The van der Waals surface area contributed by atoms with E-state index in [1.807, 2.05) is 6.92 Å². The molecule has 3 aromatic rings. The van der Waals surface area contributed by atoms with E-state index < -0.39 is 34.2 Å². The van der Waals surface area contributed by atoms with Gasteiger partial charge in [0.25, 0.3) is 15.9 Å². The van der Waals surface area contributed by atoms with Gasteiger partial charge in [0.2, 0.25) is 5.88 Å². The van der Waals surface area contributed by atoms with Crippen LogP contribution in [0, 0.1) is 12.7 Å². The Morgan fingerprint density at radius 1 is 1.22 bits per heavy atom. The predicted molar refractivity (Wildman–Crippen MR) is 91.2 cm³/mol. The largest absolute Gasteiger partial charge is 0.479 e. The number of benzene rings is 1. The fourth-order valence-electron chi connectivity index (χ4n) is 2.49. The zero-order chi connectivity index (χ0) is 19.8. The summed E-state index contributed by atoms with van der Waals surface area (Å²) in [5.41, 5.74) is 1.18. The number of halogens is 3. The predicted octanol–water partition coefficient (Wildman–Crippen LogP) is 3.42. The highest BCUT2D eigenvalue weighted by Crippen LogP contribution is 2.32. The lowest BCUT2D eigenvalue weighted by atomic mass is 10.2. The van der Waals surface area contributed by atoms with E-state index in [2.05, 4.69) is 19.4 Å². The van der Waals surface area contributed by atoms with Gasteiger partial charge in [-0.15, -0.1) is 0 Å². The van der Waals surface area contributed by atoms with Crippen molar-refractivity contribution in [3.63, 3.8) is 0 Å². The molecule has 0 unspecified atom stereocenters. The number of rotatable bonds is 6. The molecular weight excluding hydrogens is 387 g/mol. The van der Waals surface area contributed by atoms with Gasteiger partial charge in [0.1, 0.15) is 10.6 Å². The summed E-state index contributed by atoms with van der Waals surface area (Å²) in [5, 5.41) is 0.429. The van der Waals surface area contributed by atoms with E-state index in [0.29, 0.717) is 17.0 Å². The minimum absolute atomic E-state index is 0.0760. The molecule has 2 heterocycles. The third-order valence-electron chi connectivity index (χ3n) is 3.64. The number of sulfonamides is 1. The van der Waals surface area contributed by atoms with Gasteiger partial charge >= 0.3 is 6.61 Å². The number of anilines is 1. The first-order valence-corrected chi connectivity index (χ1v) is 8.99. The van der Waals surface area contributed by atoms with Crippen LogP contribution in [0.25, 0.3) is 10.9 Å². The Kier molecular flexibility index (Phi) is 4.87. The van der Waals surface area contributed by atoms with E-state index >= 15 is 0 Å². The molecule has 27 heavy (non-hydrogen) atoms. The van der Waals surface area contributed by atoms with Crippen molar-refractivity contribution in [1.29, 1.82) is 0 Å². The highest BCUT2D eigenvalue weighted by Gasteiger charge is 2.24. The second kappa shape index (κ2) is 6.99. The summed E-state index contributed by atoms with van der Waals surface area (Å²) >= 11 is 0. The van der Waals surface area contributed by atoms with Crippen molar-refractivity contribution in [1.82, 2.24) is 9.97 Å². The SMILES string of the molecule is COc1nc(OC(F)F)c(F)cc1NS(=O)(=O)c1c[nH]c2cc(C)ccc12. The number of pyridine rings is 1. The van der Waals surface area contributed by atoms with E-state index in [4.69, 9.17) is 4.74 Å². The first kappa shape index (κ1) is 18.8. The molecule has 0 fully saturated rings. The van der Waals surface area contributed by atoms with Crippen LogP contribution in [0.4, 0.5) is 18.9 Å². The van der Waals surface area contributed by atoms with Gasteiger partial charge in [0.15, 0.2) is 5.82 Å². The van der Waals surface area contributed by atoms with Gasteiger partial charge in [-0.3, -0.25) is 4.72 Å². The van der Waals surface area contributed by atoms with Gasteiger partial charge in [-0.05, 0) is 18.6 Å². The van der Waals surface area contributed by atoms with E-state index in [0.717, 1.165) is 12.7 Å². The Morgan fingerprint density at radius 2 is 1.96 bits per heavy atom. The molecule has 0 spiro atoms. The van der Waals surface area contributed by atoms with Crippen LogP contribution in [0.5, 0.6) is 11.8 Å². The maximum Gasteiger partial charge on any atom is 0.388 e. The summed E-state index contributed by atoms with van der Waals surface area (Å²) in [7, 11) is -3.03. The van der Waals surface area contributed by atoms with Crippen LogP contribution in [0.3, 0.4) is 0 Å². The van der Waals surface area contributed by atoms with Gasteiger partial charge in [-0.25, -0.2) is 12.8 Å². The molecule has 1 aromatic carbocycles. The monoisotopic (exact) mass is 401 g/mol. The Morgan fingerprint density at radius 3 is 2.63 bits per heavy atom. The maximum absolute atomic E-state index is 13.9. The summed E-state index contributed by atoms with van der Waals surface area (Å²) < 4.78 is 74.9. The number of methoxy groups -OCH3 is 1. The number of nitrogens with one attached hydrogen (secondary N) is 2. The third-order valence-corrected chi connectivity index (χ3v) is 5.04. The normalized spacial score (nSPS) is 11.8. The molecule has 0 aliphatic rings. The zero-order valence-corrected chi connectivity index (χ0v) is 14.9. The minimum atomic E-state index is -4.15. The van der Waals surface area contributed by atoms with Crippen molar-refractivity contribution in [2.45, 2.75) is 18.4 Å². The number of aromatic nitrogens is 2. The summed E-state index contributed by atoms with van der Waals surface area (Å²) in [4.78, 5) is 6.21. The second-order valence-corrected chi connectivity index (χ2v) is 7.17. The fraction of sp³-hybridized carbons (Fsp3) is 0.188. The highest BCUT2D eigenvalue weighted by molar-refractivity contribution is 7.93. The molecule has 3 rings (SSSR count). The fourth-order valence-corrected chi connectivity index (χ4v) is 3.71. The Labute approximate surface area is 152 Å². The molecule has 0 atom stereocenters. The van der Waals surface area contributed by atoms with Crippen LogP contribution in [-0.4, -0.2) is 32.1 Å². The molecule has 2 N–H and O–H groups in total. The maximum atomic E-state index is 13.9. The summed E-state index contributed by atoms with van der Waals surface area (Å²) in [5.74, 6) is -2.71. The van der Waals surface area contributed by atoms with Gasteiger partial charge in [0.05, 0.1) is 7.11 Å². The van der Waals surface area contributed by atoms with Crippen LogP contribution < -0.4 is 14.2 Å². The quantitative estimate of drug-likeness (QED) is 0.660. The van der Waals surface area contributed by atoms with Crippen molar-refractivity contribution in [2.24, 2.45) is 0 Å². The Hall–Kier alpha value is -2.95. The minimum Gasteiger partial charge on any atom is -0.479 e. The third kappa shape index (κ3) is 3.77. The lowest BCUT2D eigenvalue weighted by molar-refractivity contribution is -0.0555. The highest BCUT2D eigenvalue weighted by atomic mass is 32.2. The van der Waals surface area contributed by atoms with E-state index in [1.54, 1.807) is 18.2 Å². The molecule has 11 heteroatoms. The standard InChI is InChI=1S/C16H14F3N3O4S/c1-8-3-4-9-11(5-8)20-7-13(9)27(23,24)22-12-6-10(17)14(26-16(18)19)21-15(12)25-2/h3-7,16,20,22H,1-2H3. The molecule has 144 valence electrons. The number of hydrogen-bond acceptors (Lipinski definition) is 5. The number of H-pyrrole nitrogens is 1. The van der Waals surface area contributed by atoms with Crippen molar-refractivity contribution in [3.05, 3.63) is 41.8 Å². The van der Waals surface area contributed by atoms with Crippen LogP contribution in [0.1, 0.15) is 5.56 Å². The first-order chi connectivity index (χ1) is 12.7. The summed E-state index contributed by atoms with van der Waals surface area (Å²) in [6, 6.07) is 5.80. The first-order valence-electron chi connectivity index (χ1n) is 7.51. The second-order valence-electron chi connectivity index (χ2n) is 5.52. The van der Waals surface area contributed by atoms with E-state index in [9.17, 15) is 21.6 Å². The van der Waals surface area contributed by atoms with Crippen molar-refractivity contribution < 1.29 is 31.1 Å². The molecule has 0 amide bonds. The lowest BCUT2D eigenvalue weighted by Gasteiger charge is -2.13. The van der Waals surface area contributed by atoms with E-state index in [-0.39, 0.29) is 10.6 Å². The van der Waals surface area contributed by atoms with Crippen LogP contribution >= 0.6 is 0 Å². The average Bonchev–Trinajstić information content (AvgIpc) is 3.00. The van der Waals surface area contributed by atoms with Crippen LogP contribution in [-0.2, 0) is 10.0 Å². The Balaban J connectivity index is 2.01. The van der Waals surface area contributed by atoms with Crippen LogP contribution in [0.15, 0.2) is 35.4 Å². The van der Waals surface area contributed by atoms with Gasteiger partial charge in [-0.1, -0.05) is 12.1 Å². The summed E-state index contributed by atoms with van der Waals surface area (Å²) in [6.45, 7) is -1.44. The number of alkyl halides is 2. The molecule has 0 aliphatic heterocycles. The molecule has 0 radical (unpaired) electrons. The smallest absolute Gasteiger partial charge is 0.388 e. The zero-order valence-electron chi connectivity index (χ0n) is 14.1. The van der Waals surface area contributed by atoms with Crippen molar-refractivity contribution in [2.75, 3.05) is 11.8 Å². The molecule has 0 bridgehead atoms. The molecule has 0 saturated heterocycles. The summed E-state index contributed by atoms with van der Waals surface area (Å²) in [6.07, 6.45) is 1.29. The molecule has 2 aromatic heterocycles. The average molecular weight is 401 g/mol. The van der Waals surface area contributed by atoms with Gasteiger partial charge < -0.3 is 14.5 Å². The van der Waals surface area contributed by atoms with Gasteiger partial charge in [-0.2, -0.15) is 13.8 Å². The van der Waals surface area contributed by atoms with Gasteiger partial charge in [0, 0.05) is 23.2 Å². The van der Waals surface area contributed by atoms with Crippen molar-refractivity contribution >= 4 is 26.6 Å². The van der Waals surface area contributed by atoms with E-state index in [1.165, 1.54) is 6.20 Å². The van der Waals surface area contributed by atoms with Crippen molar-refractivity contribution in [3.8, 4) is 11.8 Å². The Bertz CT molecular complexity index is 1100. The number of nitrogens with zero attached hydrogens (tertiary/aromatic N) is 1. The molecule has 0 aliphatic carbocycles. The molecule has 7 nitrogen and oxygen atoms in total. The molecular formula is C16H14F3N3O4S. The molecule has 0 saturated carbocycles. The number of ether oxygens (including phenoxy) is 2. The number of fused-ring (bicyclic) bond motifs is 1. The lowest BCUT2D eigenvalue weighted by Crippen LogP contribution is -2.15. The number of aryl methyl sites for hydroxylation is 1.